The number of rotatable bonds is 4. The molecule has 2 atom stereocenters. The van der Waals surface area contributed by atoms with Gasteiger partial charge in [0.05, 0.1) is 11.4 Å². The van der Waals surface area contributed by atoms with Crippen LogP contribution >= 0.6 is 0 Å². The molecule has 2 saturated heterocycles. The van der Waals surface area contributed by atoms with Crippen molar-refractivity contribution in [2.75, 3.05) is 26.7 Å². The van der Waals surface area contributed by atoms with Crippen molar-refractivity contribution in [3.63, 3.8) is 0 Å². The molecular formula is C16H23N3O3S. The normalized spacial score (nSPS) is 24.7. The first-order chi connectivity index (χ1) is 11.0. The van der Waals surface area contributed by atoms with Gasteiger partial charge < -0.3 is 10.2 Å². The van der Waals surface area contributed by atoms with Gasteiger partial charge in [-0.05, 0) is 37.9 Å². The molecule has 23 heavy (non-hydrogen) atoms. The first-order valence-electron chi connectivity index (χ1n) is 8.03. The Bertz CT molecular complexity index is 648. The summed E-state index contributed by atoms with van der Waals surface area (Å²) in [5.74, 6) is -0.0943. The van der Waals surface area contributed by atoms with E-state index in [4.69, 9.17) is 0 Å². The van der Waals surface area contributed by atoms with Gasteiger partial charge >= 0.3 is 0 Å². The molecule has 1 N–H and O–H groups in total. The minimum Gasteiger partial charge on any atom is -0.334 e. The van der Waals surface area contributed by atoms with Crippen LogP contribution in [-0.4, -0.2) is 62.3 Å². The van der Waals surface area contributed by atoms with Crippen molar-refractivity contribution >= 4 is 15.9 Å². The van der Waals surface area contributed by atoms with E-state index in [-0.39, 0.29) is 29.4 Å². The third-order valence-corrected chi connectivity index (χ3v) is 6.57. The molecule has 2 unspecified atom stereocenters. The van der Waals surface area contributed by atoms with Gasteiger partial charge in [-0.2, -0.15) is 4.31 Å². The van der Waals surface area contributed by atoms with E-state index in [0.29, 0.717) is 0 Å². The molecule has 1 amide bonds. The molecule has 0 aromatic heterocycles. The van der Waals surface area contributed by atoms with Crippen LogP contribution in [-0.2, 0) is 14.8 Å². The summed E-state index contributed by atoms with van der Waals surface area (Å²) in [5, 5.41) is 3.35. The third-order valence-electron chi connectivity index (χ3n) is 4.75. The minimum atomic E-state index is -3.63. The average molecular weight is 337 g/mol. The number of hydrogen-bond acceptors (Lipinski definition) is 4. The Balaban J connectivity index is 1.72. The second kappa shape index (κ2) is 6.59. The molecule has 6 nitrogen and oxygen atoms in total. The Hall–Kier alpha value is -1.44. The summed E-state index contributed by atoms with van der Waals surface area (Å²) in [4.78, 5) is 14.8. The number of fused-ring (bicyclic) bond motifs is 2. The highest BCUT2D eigenvalue weighted by atomic mass is 32.2. The molecule has 2 aliphatic heterocycles. The fourth-order valence-corrected chi connectivity index (χ4v) is 4.66. The topological polar surface area (TPSA) is 69.7 Å². The second-order valence-electron chi connectivity index (χ2n) is 6.25. The van der Waals surface area contributed by atoms with Crippen LogP contribution in [0, 0.1) is 0 Å². The smallest absolute Gasteiger partial charge is 0.243 e. The molecule has 2 fully saturated rings. The van der Waals surface area contributed by atoms with Gasteiger partial charge in [0, 0.05) is 25.7 Å². The van der Waals surface area contributed by atoms with Crippen molar-refractivity contribution in [2.45, 2.75) is 36.2 Å². The number of nitrogens with one attached hydrogen (secondary N) is 1. The van der Waals surface area contributed by atoms with Gasteiger partial charge in [0.25, 0.3) is 0 Å². The van der Waals surface area contributed by atoms with Crippen molar-refractivity contribution < 1.29 is 13.2 Å². The fraction of sp³-hybridized carbons (Fsp3) is 0.562. The van der Waals surface area contributed by atoms with Crippen molar-refractivity contribution in [2.24, 2.45) is 0 Å². The standard InChI is InChI=1S/C16H23N3O3S/c1-18(23(21,22)15-5-3-2-4-6-15)12-16(20)19-13-7-8-14(19)11-17-10-9-13/h2-6,13-14,17H,7-12H2,1H3. The van der Waals surface area contributed by atoms with Gasteiger partial charge in [-0.1, -0.05) is 18.2 Å². The highest BCUT2D eigenvalue weighted by molar-refractivity contribution is 7.89. The van der Waals surface area contributed by atoms with E-state index in [9.17, 15) is 13.2 Å². The summed E-state index contributed by atoms with van der Waals surface area (Å²) < 4.78 is 26.2. The van der Waals surface area contributed by atoms with E-state index in [1.54, 1.807) is 30.3 Å². The highest BCUT2D eigenvalue weighted by Crippen LogP contribution is 2.28. The zero-order valence-corrected chi connectivity index (χ0v) is 14.1. The highest BCUT2D eigenvalue weighted by Gasteiger charge is 2.38. The predicted octanol–water partition coefficient (Wildman–Crippen LogP) is 0.660. The molecule has 0 aliphatic carbocycles. The largest absolute Gasteiger partial charge is 0.334 e. The van der Waals surface area contributed by atoms with E-state index in [1.165, 1.54) is 7.05 Å². The zero-order valence-electron chi connectivity index (χ0n) is 13.3. The van der Waals surface area contributed by atoms with E-state index in [2.05, 4.69) is 5.32 Å². The maximum Gasteiger partial charge on any atom is 0.243 e. The number of amides is 1. The summed E-state index contributed by atoms with van der Waals surface area (Å²) in [6.07, 6.45) is 2.96. The first kappa shape index (κ1) is 16.4. The molecule has 126 valence electrons. The van der Waals surface area contributed by atoms with Crippen LogP contribution in [0.5, 0.6) is 0 Å². The van der Waals surface area contributed by atoms with Gasteiger partial charge in [0.2, 0.25) is 15.9 Å². The average Bonchev–Trinajstić information content (AvgIpc) is 2.81. The van der Waals surface area contributed by atoms with Gasteiger partial charge in [-0.15, -0.1) is 0 Å². The summed E-state index contributed by atoms with van der Waals surface area (Å²) in [5.41, 5.74) is 0. The number of benzene rings is 1. The summed E-state index contributed by atoms with van der Waals surface area (Å²) in [6, 6.07) is 8.68. The number of hydrogen-bond donors (Lipinski definition) is 1. The lowest BCUT2D eigenvalue weighted by molar-refractivity contribution is -0.133. The van der Waals surface area contributed by atoms with E-state index in [0.717, 1.165) is 36.7 Å². The number of sulfonamides is 1. The Labute approximate surface area is 137 Å². The van der Waals surface area contributed by atoms with Crippen LogP contribution in [0.4, 0.5) is 0 Å². The molecule has 2 aliphatic rings. The molecule has 2 heterocycles. The second-order valence-corrected chi connectivity index (χ2v) is 8.30. The third kappa shape index (κ3) is 3.27. The summed E-state index contributed by atoms with van der Waals surface area (Å²) in [6.45, 7) is 1.62. The van der Waals surface area contributed by atoms with E-state index >= 15 is 0 Å². The summed E-state index contributed by atoms with van der Waals surface area (Å²) in [7, 11) is -2.16. The molecule has 0 radical (unpaired) electrons. The lowest BCUT2D eigenvalue weighted by atomic mass is 10.1. The van der Waals surface area contributed by atoms with Crippen LogP contribution < -0.4 is 5.32 Å². The number of nitrogens with zero attached hydrogens (tertiary/aromatic N) is 2. The van der Waals surface area contributed by atoms with Crippen molar-refractivity contribution in [3.8, 4) is 0 Å². The van der Waals surface area contributed by atoms with Crippen LogP contribution in [0.1, 0.15) is 19.3 Å². The fourth-order valence-electron chi connectivity index (χ4n) is 3.52. The zero-order chi connectivity index (χ0) is 16.4. The van der Waals surface area contributed by atoms with E-state index in [1.807, 2.05) is 4.90 Å². The van der Waals surface area contributed by atoms with Crippen molar-refractivity contribution in [3.05, 3.63) is 30.3 Å². The number of carbonyl (C=O) groups excluding carboxylic acids is 1. The molecule has 3 rings (SSSR count). The quantitative estimate of drug-likeness (QED) is 0.876. The Kier molecular flexibility index (Phi) is 4.70. The van der Waals surface area contributed by atoms with Crippen LogP contribution in [0.3, 0.4) is 0 Å². The number of likely N-dealkylation sites (N-methyl/N-ethyl adjacent to an activating group) is 1. The maximum atomic E-state index is 12.7. The van der Waals surface area contributed by atoms with Crippen LogP contribution in [0.15, 0.2) is 35.2 Å². The predicted molar refractivity (Wildman–Crippen MR) is 87.4 cm³/mol. The molecule has 0 spiro atoms. The van der Waals surface area contributed by atoms with Gasteiger partial charge in [-0.3, -0.25) is 4.79 Å². The SMILES string of the molecule is CN(CC(=O)N1C2CCNCC1CC2)S(=O)(=O)c1ccccc1. The Morgan fingerprint density at radius 2 is 1.91 bits per heavy atom. The molecule has 1 aromatic rings. The summed E-state index contributed by atoms with van der Waals surface area (Å²) >= 11 is 0. The minimum absolute atomic E-state index is 0.0943. The van der Waals surface area contributed by atoms with Gasteiger partial charge in [0.1, 0.15) is 0 Å². The van der Waals surface area contributed by atoms with Gasteiger partial charge in [-0.25, -0.2) is 8.42 Å². The Morgan fingerprint density at radius 1 is 1.22 bits per heavy atom. The maximum absolute atomic E-state index is 12.7. The molecular weight excluding hydrogens is 314 g/mol. The van der Waals surface area contributed by atoms with Crippen molar-refractivity contribution in [1.82, 2.24) is 14.5 Å². The molecule has 7 heteroatoms. The molecule has 2 bridgehead atoms. The lowest BCUT2D eigenvalue weighted by Gasteiger charge is -2.29. The molecule has 1 aromatic carbocycles. The van der Waals surface area contributed by atoms with E-state index < -0.39 is 10.0 Å². The lowest BCUT2D eigenvalue weighted by Crippen LogP contribution is -2.47. The number of carbonyl (C=O) groups is 1. The molecule has 0 saturated carbocycles. The van der Waals surface area contributed by atoms with Crippen molar-refractivity contribution in [1.29, 1.82) is 0 Å². The van der Waals surface area contributed by atoms with Crippen LogP contribution in [0.2, 0.25) is 0 Å². The van der Waals surface area contributed by atoms with Gasteiger partial charge in [0.15, 0.2) is 0 Å². The first-order valence-corrected chi connectivity index (χ1v) is 9.47. The Morgan fingerprint density at radius 3 is 2.65 bits per heavy atom. The van der Waals surface area contributed by atoms with Crippen LogP contribution in [0.25, 0.3) is 0 Å². The monoisotopic (exact) mass is 337 g/mol.